The van der Waals surface area contributed by atoms with Crippen LogP contribution >= 0.6 is 0 Å². The number of hydrogen-bond donors (Lipinski definition) is 0. The molecule has 1 rings (SSSR count). The summed E-state index contributed by atoms with van der Waals surface area (Å²) in [4.78, 5) is 2.15. The molecule has 0 N–H and O–H groups in total. The summed E-state index contributed by atoms with van der Waals surface area (Å²) in [6.45, 7) is 6.39. The number of aryl methyl sites for hydroxylation is 1. The Morgan fingerprint density at radius 1 is 1.17 bits per heavy atom. The van der Waals surface area contributed by atoms with Crippen LogP contribution in [-0.4, -0.2) is 19.0 Å². The summed E-state index contributed by atoms with van der Waals surface area (Å²) in [5.41, 5.74) is 2.58. The lowest BCUT2D eigenvalue weighted by Crippen LogP contribution is -2.29. The van der Waals surface area contributed by atoms with E-state index in [1.165, 1.54) is 11.1 Å². The molecule has 98 valence electrons. The Morgan fingerprint density at radius 2 is 1.72 bits per heavy atom. The molecule has 0 saturated heterocycles. The van der Waals surface area contributed by atoms with Crippen LogP contribution in [0.3, 0.4) is 0 Å². The Labute approximate surface area is 111 Å². The molecule has 2 atom stereocenters. The lowest BCUT2D eigenvalue weighted by molar-refractivity contribution is 0.210. The van der Waals surface area contributed by atoms with Gasteiger partial charge in [0.2, 0.25) is 0 Å². The standard InChI is InChI=1S/C16H24N2/c1-6-13-7-9-14(10-8-13)16(18(4)5)15(11-17)12(2)3/h7-10,12,15-16H,6H2,1-5H3. The normalized spacial score (nSPS) is 14.6. The summed E-state index contributed by atoms with van der Waals surface area (Å²) in [7, 11) is 4.09. The molecule has 0 heterocycles. The highest BCUT2D eigenvalue weighted by atomic mass is 15.1. The lowest BCUT2D eigenvalue weighted by atomic mass is 9.84. The van der Waals surface area contributed by atoms with E-state index in [-0.39, 0.29) is 12.0 Å². The topological polar surface area (TPSA) is 27.0 Å². The second kappa shape index (κ2) is 6.56. The minimum atomic E-state index is 0.0208. The van der Waals surface area contributed by atoms with Crippen LogP contribution in [0.15, 0.2) is 24.3 Å². The lowest BCUT2D eigenvalue weighted by Gasteiger charge is -2.31. The molecule has 0 bridgehead atoms. The highest BCUT2D eigenvalue weighted by molar-refractivity contribution is 5.26. The van der Waals surface area contributed by atoms with Crippen LogP contribution in [-0.2, 0) is 6.42 Å². The number of rotatable bonds is 5. The molecule has 0 aliphatic carbocycles. The zero-order valence-corrected chi connectivity index (χ0v) is 12.1. The molecule has 2 nitrogen and oxygen atoms in total. The molecule has 0 radical (unpaired) electrons. The summed E-state index contributed by atoms with van der Waals surface area (Å²) in [5.74, 6) is 0.376. The average molecular weight is 244 g/mol. The maximum Gasteiger partial charge on any atom is 0.0683 e. The van der Waals surface area contributed by atoms with Gasteiger partial charge in [0, 0.05) is 0 Å². The fourth-order valence-corrected chi connectivity index (χ4v) is 2.36. The number of nitrogens with zero attached hydrogens (tertiary/aromatic N) is 2. The Morgan fingerprint density at radius 3 is 2.06 bits per heavy atom. The van der Waals surface area contributed by atoms with Crippen LogP contribution in [0.25, 0.3) is 0 Å². The summed E-state index contributed by atoms with van der Waals surface area (Å²) in [6.07, 6.45) is 1.05. The molecule has 1 aromatic carbocycles. The first-order valence-corrected chi connectivity index (χ1v) is 6.66. The molecule has 1 aromatic rings. The first kappa shape index (κ1) is 14.7. The average Bonchev–Trinajstić information content (AvgIpc) is 2.35. The van der Waals surface area contributed by atoms with E-state index in [9.17, 15) is 5.26 Å². The smallest absolute Gasteiger partial charge is 0.0683 e. The van der Waals surface area contributed by atoms with Crippen molar-refractivity contribution >= 4 is 0 Å². The Hall–Kier alpha value is -1.33. The Bertz CT molecular complexity index is 398. The zero-order chi connectivity index (χ0) is 13.7. The van der Waals surface area contributed by atoms with Gasteiger partial charge in [-0.2, -0.15) is 5.26 Å². The van der Waals surface area contributed by atoms with Gasteiger partial charge in [-0.15, -0.1) is 0 Å². The van der Waals surface area contributed by atoms with E-state index < -0.39 is 0 Å². The fraction of sp³-hybridized carbons (Fsp3) is 0.562. The van der Waals surface area contributed by atoms with Crippen molar-refractivity contribution in [2.24, 2.45) is 11.8 Å². The van der Waals surface area contributed by atoms with Gasteiger partial charge in [0.25, 0.3) is 0 Å². The van der Waals surface area contributed by atoms with Gasteiger partial charge in [-0.3, -0.25) is 0 Å². The van der Waals surface area contributed by atoms with Crippen molar-refractivity contribution in [3.8, 4) is 6.07 Å². The molecule has 2 heteroatoms. The number of benzene rings is 1. The maximum absolute atomic E-state index is 9.40. The summed E-state index contributed by atoms with van der Waals surface area (Å²) in [6, 6.07) is 11.3. The van der Waals surface area contributed by atoms with Gasteiger partial charge in [-0.1, -0.05) is 45.0 Å². The molecular formula is C16H24N2. The molecule has 0 fully saturated rings. The van der Waals surface area contributed by atoms with Crippen LogP contribution in [0.4, 0.5) is 0 Å². The van der Waals surface area contributed by atoms with Gasteiger partial charge in [0.15, 0.2) is 0 Å². The molecular weight excluding hydrogens is 220 g/mol. The van der Waals surface area contributed by atoms with Crippen molar-refractivity contribution in [2.45, 2.75) is 33.2 Å². The molecule has 0 aliphatic heterocycles. The third-order valence-corrected chi connectivity index (χ3v) is 3.49. The fourth-order valence-electron chi connectivity index (χ4n) is 2.36. The van der Waals surface area contributed by atoms with Crippen LogP contribution in [0, 0.1) is 23.2 Å². The Balaban J connectivity index is 3.08. The van der Waals surface area contributed by atoms with Crippen LogP contribution in [0.1, 0.15) is 37.9 Å². The summed E-state index contributed by atoms with van der Waals surface area (Å²) in [5, 5.41) is 9.40. The van der Waals surface area contributed by atoms with Gasteiger partial charge in [-0.05, 0) is 37.6 Å². The van der Waals surface area contributed by atoms with E-state index in [0.29, 0.717) is 5.92 Å². The second-order valence-corrected chi connectivity index (χ2v) is 5.40. The molecule has 0 amide bonds. The number of hydrogen-bond acceptors (Lipinski definition) is 2. The van der Waals surface area contributed by atoms with Crippen molar-refractivity contribution in [2.75, 3.05) is 14.1 Å². The minimum Gasteiger partial charge on any atom is -0.301 e. The largest absolute Gasteiger partial charge is 0.301 e. The van der Waals surface area contributed by atoms with E-state index in [1.807, 2.05) is 14.1 Å². The molecule has 0 saturated carbocycles. The second-order valence-electron chi connectivity index (χ2n) is 5.40. The molecule has 0 aromatic heterocycles. The first-order chi connectivity index (χ1) is 8.51. The van der Waals surface area contributed by atoms with Crippen LogP contribution in [0.2, 0.25) is 0 Å². The van der Waals surface area contributed by atoms with Crippen LogP contribution < -0.4 is 0 Å². The maximum atomic E-state index is 9.40. The van der Waals surface area contributed by atoms with Gasteiger partial charge in [0.1, 0.15) is 0 Å². The van der Waals surface area contributed by atoms with E-state index in [1.54, 1.807) is 0 Å². The Kier molecular flexibility index (Phi) is 5.37. The van der Waals surface area contributed by atoms with Crippen molar-refractivity contribution in [1.82, 2.24) is 4.90 Å². The van der Waals surface area contributed by atoms with Crippen LogP contribution in [0.5, 0.6) is 0 Å². The van der Waals surface area contributed by atoms with Crippen molar-refractivity contribution in [3.63, 3.8) is 0 Å². The van der Waals surface area contributed by atoms with Gasteiger partial charge in [0.05, 0.1) is 18.0 Å². The van der Waals surface area contributed by atoms with Gasteiger partial charge in [-0.25, -0.2) is 0 Å². The van der Waals surface area contributed by atoms with Gasteiger partial charge >= 0.3 is 0 Å². The van der Waals surface area contributed by atoms with E-state index in [4.69, 9.17) is 0 Å². The van der Waals surface area contributed by atoms with Gasteiger partial charge < -0.3 is 4.90 Å². The molecule has 2 unspecified atom stereocenters. The highest BCUT2D eigenvalue weighted by Crippen LogP contribution is 2.31. The first-order valence-electron chi connectivity index (χ1n) is 6.66. The van der Waals surface area contributed by atoms with Crippen molar-refractivity contribution < 1.29 is 0 Å². The highest BCUT2D eigenvalue weighted by Gasteiger charge is 2.27. The summed E-state index contributed by atoms with van der Waals surface area (Å²) >= 11 is 0. The van der Waals surface area contributed by atoms with Crippen molar-refractivity contribution in [1.29, 1.82) is 5.26 Å². The monoisotopic (exact) mass is 244 g/mol. The molecule has 0 spiro atoms. The van der Waals surface area contributed by atoms with E-state index in [2.05, 4.69) is 56.0 Å². The zero-order valence-electron chi connectivity index (χ0n) is 12.1. The predicted molar refractivity (Wildman–Crippen MR) is 76.2 cm³/mol. The number of nitriles is 1. The predicted octanol–water partition coefficient (Wildman–Crippen LogP) is 3.65. The molecule has 18 heavy (non-hydrogen) atoms. The third kappa shape index (κ3) is 3.34. The molecule has 0 aliphatic rings. The van der Waals surface area contributed by atoms with E-state index in [0.717, 1.165) is 6.42 Å². The summed E-state index contributed by atoms with van der Waals surface area (Å²) < 4.78 is 0. The van der Waals surface area contributed by atoms with E-state index >= 15 is 0 Å². The van der Waals surface area contributed by atoms with Crippen molar-refractivity contribution in [3.05, 3.63) is 35.4 Å². The SMILES string of the molecule is CCc1ccc(C(C(C#N)C(C)C)N(C)C)cc1. The minimum absolute atomic E-state index is 0.0208. The third-order valence-electron chi connectivity index (χ3n) is 3.49. The quantitative estimate of drug-likeness (QED) is 0.790.